The summed E-state index contributed by atoms with van der Waals surface area (Å²) in [5.74, 6) is -1.56. The molecule has 0 unspecified atom stereocenters. The number of quaternary nitrogens is 1. The first kappa shape index (κ1) is 36.1. The molecule has 218 valence electrons. The number of hydrogen-bond donors (Lipinski definition) is 2. The van der Waals surface area contributed by atoms with Crippen molar-refractivity contribution in [1.82, 2.24) is 0 Å². The number of carboxylic acid groups (broad SMARTS) is 1. The fraction of sp³-hybridized carbons (Fsp3) is 0.688. The highest BCUT2D eigenvalue weighted by Gasteiger charge is 2.21. The van der Waals surface area contributed by atoms with Crippen molar-refractivity contribution in [3.8, 4) is 0 Å². The first-order valence-corrected chi connectivity index (χ1v) is 15.0. The third-order valence-electron chi connectivity index (χ3n) is 7.27. The Morgan fingerprint density at radius 2 is 1.13 bits per heavy atom. The molecule has 1 aromatic carbocycles. The molecule has 0 atom stereocenters. The normalized spacial score (nSPS) is 11.4. The smallest absolute Gasteiger partial charge is 0.328 e. The van der Waals surface area contributed by atoms with E-state index >= 15 is 0 Å². The minimum Gasteiger partial charge on any atom is -1.00 e. The number of aliphatic carboxylic acids is 1. The zero-order valence-electron chi connectivity index (χ0n) is 24.5. The van der Waals surface area contributed by atoms with Crippen LogP contribution in [0.5, 0.6) is 0 Å². The predicted molar refractivity (Wildman–Crippen MR) is 157 cm³/mol. The maximum absolute atomic E-state index is 11.9. The van der Waals surface area contributed by atoms with Gasteiger partial charge in [0.1, 0.15) is 6.54 Å². The quantitative estimate of drug-likeness (QED) is 0.107. The van der Waals surface area contributed by atoms with Crippen LogP contribution < -0.4 is 17.7 Å². The number of carboxylic acids is 1. The number of amides is 1. The van der Waals surface area contributed by atoms with Gasteiger partial charge in [-0.3, -0.25) is 4.79 Å². The van der Waals surface area contributed by atoms with Gasteiger partial charge in [-0.25, -0.2) is 4.79 Å². The van der Waals surface area contributed by atoms with Gasteiger partial charge in [0.2, 0.25) is 5.91 Å². The maximum Gasteiger partial charge on any atom is 0.328 e. The van der Waals surface area contributed by atoms with E-state index in [9.17, 15) is 9.59 Å². The molecule has 0 bridgehead atoms. The van der Waals surface area contributed by atoms with Crippen molar-refractivity contribution in [2.75, 3.05) is 25.5 Å². The molecular formula is C32H55ClN2O3. The van der Waals surface area contributed by atoms with Gasteiger partial charge < -0.3 is 27.3 Å². The van der Waals surface area contributed by atoms with Gasteiger partial charge in [0.25, 0.3) is 0 Å². The van der Waals surface area contributed by atoms with Crippen LogP contribution in [-0.4, -0.2) is 41.6 Å². The van der Waals surface area contributed by atoms with Crippen LogP contribution in [-0.2, 0) is 16.1 Å². The Balaban J connectivity index is 0.0000137. The highest BCUT2D eigenvalue weighted by molar-refractivity contribution is 6.02. The molecule has 1 amide bonds. The van der Waals surface area contributed by atoms with Crippen LogP contribution in [0.25, 0.3) is 0 Å². The summed E-state index contributed by atoms with van der Waals surface area (Å²) < 4.78 is 1.07. The molecule has 0 aliphatic heterocycles. The number of nitrogens with one attached hydrogen (secondary N) is 1. The highest BCUT2D eigenvalue weighted by atomic mass is 35.5. The summed E-state index contributed by atoms with van der Waals surface area (Å²) in [7, 11) is 2.41. The summed E-state index contributed by atoms with van der Waals surface area (Å²) in [6.07, 6.45) is 23.4. The van der Waals surface area contributed by atoms with Crippen LogP contribution in [0, 0.1) is 0 Å². The van der Waals surface area contributed by atoms with E-state index in [1.54, 1.807) is 0 Å². The van der Waals surface area contributed by atoms with Crippen molar-refractivity contribution in [1.29, 1.82) is 0 Å². The Labute approximate surface area is 239 Å². The molecular weight excluding hydrogens is 496 g/mol. The summed E-state index contributed by atoms with van der Waals surface area (Å²) in [5.41, 5.74) is 1.96. The summed E-state index contributed by atoms with van der Waals surface area (Å²) in [6.45, 7) is 7.97. The average molecular weight is 551 g/mol. The number of halogens is 1. The minimum atomic E-state index is -1.13. The van der Waals surface area contributed by atoms with Crippen molar-refractivity contribution in [2.45, 2.75) is 123 Å². The molecule has 0 aliphatic rings. The summed E-state index contributed by atoms with van der Waals surface area (Å²) >= 11 is 0. The lowest BCUT2D eigenvalue weighted by Gasteiger charge is -2.35. The van der Waals surface area contributed by atoms with Crippen molar-refractivity contribution >= 4 is 17.6 Å². The van der Waals surface area contributed by atoms with E-state index < -0.39 is 11.9 Å². The lowest BCUT2D eigenvalue weighted by molar-refractivity contribution is -0.923. The minimum absolute atomic E-state index is 0. The van der Waals surface area contributed by atoms with Gasteiger partial charge in [0.15, 0.2) is 0 Å². The Bertz CT molecular complexity index is 744. The van der Waals surface area contributed by atoms with Gasteiger partial charge in [0.05, 0.1) is 20.1 Å². The number of nitrogens with zero attached hydrogens (tertiary/aromatic N) is 1. The zero-order chi connectivity index (χ0) is 27.2. The molecule has 5 nitrogen and oxygen atoms in total. The number of anilines is 1. The Hall–Kier alpha value is -1.85. The molecule has 0 saturated carbocycles. The first-order chi connectivity index (χ1) is 17.9. The van der Waals surface area contributed by atoms with Crippen LogP contribution in [0.3, 0.4) is 0 Å². The van der Waals surface area contributed by atoms with Gasteiger partial charge in [-0.05, 0) is 37.8 Å². The number of benzene rings is 1. The van der Waals surface area contributed by atoms with Crippen LogP contribution in [0.1, 0.15) is 122 Å². The lowest BCUT2D eigenvalue weighted by atomic mass is 10.1. The van der Waals surface area contributed by atoms with Gasteiger partial charge in [-0.1, -0.05) is 103 Å². The van der Waals surface area contributed by atoms with Crippen molar-refractivity contribution < 1.29 is 31.6 Å². The van der Waals surface area contributed by atoms with Crippen molar-refractivity contribution in [3.63, 3.8) is 0 Å². The van der Waals surface area contributed by atoms with Gasteiger partial charge in [0, 0.05) is 23.4 Å². The van der Waals surface area contributed by atoms with Crippen LogP contribution in [0.15, 0.2) is 36.4 Å². The van der Waals surface area contributed by atoms with E-state index in [4.69, 9.17) is 5.11 Å². The van der Waals surface area contributed by atoms with Crippen molar-refractivity contribution in [2.24, 2.45) is 0 Å². The van der Waals surface area contributed by atoms with E-state index in [0.717, 1.165) is 23.2 Å². The second kappa shape index (κ2) is 23.1. The number of hydrogen-bond acceptors (Lipinski definition) is 2. The predicted octanol–water partition coefficient (Wildman–Crippen LogP) is 5.50. The highest BCUT2D eigenvalue weighted by Crippen LogP contribution is 2.20. The molecule has 0 aromatic heterocycles. The van der Waals surface area contributed by atoms with E-state index in [-0.39, 0.29) is 12.4 Å². The third kappa shape index (κ3) is 19.3. The largest absolute Gasteiger partial charge is 1.00 e. The molecule has 0 saturated heterocycles. The topological polar surface area (TPSA) is 66.4 Å². The molecule has 0 fully saturated rings. The number of carbonyl (C=O) groups excluding carboxylic acids is 1. The molecule has 0 radical (unpaired) electrons. The summed E-state index contributed by atoms with van der Waals surface area (Å²) in [4.78, 5) is 22.5. The monoisotopic (exact) mass is 550 g/mol. The second-order valence-corrected chi connectivity index (χ2v) is 11.0. The molecule has 1 rings (SSSR count). The van der Waals surface area contributed by atoms with Crippen LogP contribution in [0.2, 0.25) is 0 Å². The van der Waals surface area contributed by atoms with Crippen LogP contribution in [0.4, 0.5) is 5.69 Å². The SMILES string of the molecule is CCCCCCCCCC[N+](C)(CCCCCCCCCC)Cc1ccc(NC(=O)C=CC(=O)O)cc1.[Cl-]. The molecule has 0 heterocycles. The molecule has 0 spiro atoms. The van der Waals surface area contributed by atoms with Gasteiger partial charge in [-0.2, -0.15) is 0 Å². The maximum atomic E-state index is 11.9. The fourth-order valence-electron chi connectivity index (χ4n) is 4.99. The molecule has 38 heavy (non-hydrogen) atoms. The fourth-order valence-corrected chi connectivity index (χ4v) is 4.99. The lowest BCUT2D eigenvalue weighted by Crippen LogP contribution is -3.00. The molecule has 1 aromatic rings. The van der Waals surface area contributed by atoms with E-state index in [1.165, 1.54) is 121 Å². The summed E-state index contributed by atoms with van der Waals surface area (Å²) in [5, 5.41) is 11.4. The third-order valence-corrected chi connectivity index (χ3v) is 7.27. The second-order valence-electron chi connectivity index (χ2n) is 11.0. The van der Waals surface area contributed by atoms with E-state index in [0.29, 0.717) is 5.69 Å². The van der Waals surface area contributed by atoms with Crippen molar-refractivity contribution in [3.05, 3.63) is 42.0 Å². The first-order valence-electron chi connectivity index (χ1n) is 15.0. The Morgan fingerprint density at radius 3 is 1.55 bits per heavy atom. The zero-order valence-corrected chi connectivity index (χ0v) is 25.2. The molecule has 0 aliphatic carbocycles. The number of unbranched alkanes of at least 4 members (excludes halogenated alkanes) is 14. The molecule has 6 heteroatoms. The van der Waals surface area contributed by atoms with E-state index in [1.807, 2.05) is 12.1 Å². The average Bonchev–Trinajstić information content (AvgIpc) is 2.87. The van der Waals surface area contributed by atoms with Gasteiger partial charge in [-0.15, -0.1) is 0 Å². The van der Waals surface area contributed by atoms with Gasteiger partial charge >= 0.3 is 5.97 Å². The number of carbonyl (C=O) groups is 2. The summed E-state index contributed by atoms with van der Waals surface area (Å²) in [6, 6.07) is 8.01. The molecule has 2 N–H and O–H groups in total. The van der Waals surface area contributed by atoms with E-state index in [2.05, 4.69) is 38.3 Å². The Kier molecular flexibility index (Phi) is 22.0. The Morgan fingerprint density at radius 1 is 0.711 bits per heavy atom. The standard InChI is InChI=1S/C32H54N2O3.ClH/c1-4-6-8-10-12-14-16-18-26-34(3,27-19-17-15-13-11-9-7-5-2)28-29-20-22-30(23-21-29)33-31(35)24-25-32(36)37;/h20-25H,4-19,26-28H2,1-3H3,(H-,33,35,36,37);1H. The van der Waals surface area contributed by atoms with Crippen LogP contribution >= 0.6 is 0 Å². The number of rotatable bonds is 23.